The Morgan fingerprint density at radius 1 is 1.06 bits per heavy atom. The topological polar surface area (TPSA) is 169 Å². The Morgan fingerprint density at radius 3 is 2.57 bits per heavy atom. The van der Waals surface area contributed by atoms with Gasteiger partial charge in [0.25, 0.3) is 11.5 Å². The van der Waals surface area contributed by atoms with Gasteiger partial charge in [-0.3, -0.25) is 24.3 Å². The van der Waals surface area contributed by atoms with Gasteiger partial charge in [-0.1, -0.05) is 19.1 Å². The Morgan fingerprint density at radius 2 is 1.85 bits per heavy atom. The number of hydrogen-bond acceptors (Lipinski definition) is 10. The molecule has 0 bridgehead atoms. The number of anilines is 2. The molecular weight excluding hydrogens is 620 g/mol. The molecule has 0 spiro atoms. The molecule has 2 aliphatic rings. The molecule has 0 saturated carbocycles. The average Bonchev–Trinajstić information content (AvgIpc) is 3.61. The van der Waals surface area contributed by atoms with E-state index in [0.717, 1.165) is 39.1 Å². The highest BCUT2D eigenvalue weighted by molar-refractivity contribution is 7.19. The highest BCUT2D eigenvalue weighted by Gasteiger charge is 2.36. The lowest BCUT2D eigenvalue weighted by Gasteiger charge is -2.19. The fraction of sp³-hybridized carbons (Fsp3) is 0.333. The minimum Gasteiger partial charge on any atom is -0.444 e. The summed E-state index contributed by atoms with van der Waals surface area (Å²) in [5.74, 6) is -0.0654. The molecular formula is C33H34N8O5S. The van der Waals surface area contributed by atoms with Crippen LogP contribution in [0.5, 0.6) is 0 Å². The van der Waals surface area contributed by atoms with E-state index >= 15 is 0 Å². The number of amides is 3. The Kier molecular flexibility index (Phi) is 8.69. The van der Waals surface area contributed by atoms with E-state index in [1.54, 1.807) is 63.5 Å². The third-order valence-corrected chi connectivity index (χ3v) is 8.77. The van der Waals surface area contributed by atoms with Crippen LogP contribution in [-0.4, -0.2) is 50.0 Å². The third kappa shape index (κ3) is 7.12. The smallest absolute Gasteiger partial charge is 0.413 e. The van der Waals surface area contributed by atoms with Gasteiger partial charge in [0.1, 0.15) is 29.0 Å². The summed E-state index contributed by atoms with van der Waals surface area (Å²) >= 11 is 1.45. The summed E-state index contributed by atoms with van der Waals surface area (Å²) in [6, 6.07) is 9.83. The van der Waals surface area contributed by atoms with Gasteiger partial charge in [0.05, 0.1) is 18.5 Å². The normalized spacial score (nSPS) is 17.1. The van der Waals surface area contributed by atoms with Gasteiger partial charge in [-0.15, -0.1) is 11.3 Å². The van der Waals surface area contributed by atoms with Crippen LogP contribution < -0.4 is 21.5 Å². The SMILES string of the molecule is C[C@@H]1C[C@@H](C(=O)NCc2cc3cnc(NC(=O)OC(C)(C)C)cc3s2)n2c1ncc(NC(=O)c1ccc(C3=NN=CCC3)cc1)c2=O. The third-order valence-electron chi connectivity index (χ3n) is 7.67. The van der Waals surface area contributed by atoms with E-state index in [4.69, 9.17) is 4.74 Å². The van der Waals surface area contributed by atoms with Gasteiger partial charge in [0.2, 0.25) is 5.91 Å². The Bertz CT molecular complexity index is 1990. The van der Waals surface area contributed by atoms with E-state index in [0.29, 0.717) is 23.6 Å². The number of thiophene rings is 1. The molecule has 4 aromatic rings. The quantitative estimate of drug-likeness (QED) is 0.240. The first-order valence-electron chi connectivity index (χ1n) is 15.2. The lowest BCUT2D eigenvalue weighted by molar-refractivity contribution is -0.124. The maximum absolute atomic E-state index is 13.6. The number of fused-ring (bicyclic) bond motifs is 2. The summed E-state index contributed by atoms with van der Waals surface area (Å²) in [5, 5.41) is 17.2. The van der Waals surface area contributed by atoms with Crippen LogP contribution in [0.15, 0.2) is 63.8 Å². The van der Waals surface area contributed by atoms with Crippen molar-refractivity contribution in [2.45, 2.75) is 71.1 Å². The van der Waals surface area contributed by atoms with Crippen molar-refractivity contribution in [3.63, 3.8) is 0 Å². The largest absolute Gasteiger partial charge is 0.444 e. The predicted octanol–water partition coefficient (Wildman–Crippen LogP) is 5.39. The van der Waals surface area contributed by atoms with Crippen LogP contribution in [0.2, 0.25) is 0 Å². The minimum atomic E-state index is -0.782. The summed E-state index contributed by atoms with van der Waals surface area (Å²) in [6.45, 7) is 7.49. The fourth-order valence-corrected chi connectivity index (χ4v) is 6.49. The van der Waals surface area contributed by atoms with Crippen molar-refractivity contribution in [1.82, 2.24) is 19.9 Å². The molecule has 0 aliphatic carbocycles. The maximum Gasteiger partial charge on any atom is 0.413 e. The summed E-state index contributed by atoms with van der Waals surface area (Å²) < 4.78 is 7.55. The van der Waals surface area contributed by atoms with E-state index in [1.165, 1.54) is 22.1 Å². The van der Waals surface area contributed by atoms with Crippen molar-refractivity contribution in [2.24, 2.45) is 10.2 Å². The van der Waals surface area contributed by atoms with Gasteiger partial charge in [-0.25, -0.2) is 14.8 Å². The van der Waals surface area contributed by atoms with Crippen molar-refractivity contribution in [3.8, 4) is 0 Å². The Balaban J connectivity index is 1.12. The maximum atomic E-state index is 13.6. The summed E-state index contributed by atoms with van der Waals surface area (Å²) in [7, 11) is 0. The summed E-state index contributed by atoms with van der Waals surface area (Å²) in [4.78, 5) is 61.8. The lowest BCUT2D eigenvalue weighted by atomic mass is 10.0. The van der Waals surface area contributed by atoms with Crippen LogP contribution in [0.3, 0.4) is 0 Å². The molecule has 13 nitrogen and oxygen atoms in total. The molecule has 2 aliphatic heterocycles. The second kappa shape index (κ2) is 12.9. The number of nitrogens with one attached hydrogen (secondary N) is 3. The first-order valence-corrected chi connectivity index (χ1v) is 16.0. The van der Waals surface area contributed by atoms with E-state index in [9.17, 15) is 19.2 Å². The van der Waals surface area contributed by atoms with Gasteiger partial charge < -0.3 is 15.4 Å². The van der Waals surface area contributed by atoms with Crippen LogP contribution >= 0.6 is 11.3 Å². The lowest BCUT2D eigenvalue weighted by Crippen LogP contribution is -2.36. The van der Waals surface area contributed by atoms with Crippen molar-refractivity contribution in [3.05, 3.63) is 81.0 Å². The highest BCUT2D eigenvalue weighted by atomic mass is 32.1. The van der Waals surface area contributed by atoms with Gasteiger partial charge in [-0.2, -0.15) is 10.2 Å². The fourth-order valence-electron chi connectivity index (χ4n) is 5.48. The molecule has 14 heteroatoms. The number of carbonyl (C=O) groups excluding carboxylic acids is 3. The molecule has 3 amide bonds. The number of benzene rings is 1. The Hall–Kier alpha value is -5.24. The number of aromatic nitrogens is 3. The molecule has 3 N–H and O–H groups in total. The number of hydrogen-bond donors (Lipinski definition) is 3. The molecule has 0 saturated heterocycles. The van der Waals surface area contributed by atoms with Crippen molar-refractivity contribution >= 4 is 62.8 Å². The zero-order valence-corrected chi connectivity index (χ0v) is 27.2. The average molecular weight is 655 g/mol. The van der Waals surface area contributed by atoms with Gasteiger partial charge in [-0.05, 0) is 69.9 Å². The predicted molar refractivity (Wildman–Crippen MR) is 181 cm³/mol. The number of nitrogens with zero attached hydrogens (tertiary/aromatic N) is 5. The highest BCUT2D eigenvalue weighted by Crippen LogP contribution is 2.34. The molecule has 242 valence electrons. The first kappa shape index (κ1) is 31.7. The van der Waals surface area contributed by atoms with E-state index in [1.807, 2.05) is 13.0 Å². The van der Waals surface area contributed by atoms with Crippen LogP contribution in [0.4, 0.5) is 16.3 Å². The van der Waals surface area contributed by atoms with Gasteiger partial charge in [0.15, 0.2) is 0 Å². The number of pyridine rings is 1. The molecule has 47 heavy (non-hydrogen) atoms. The molecule has 5 heterocycles. The van der Waals surface area contributed by atoms with Gasteiger partial charge >= 0.3 is 6.09 Å². The molecule has 1 aromatic carbocycles. The number of carbonyl (C=O) groups is 3. The van der Waals surface area contributed by atoms with E-state index < -0.39 is 29.2 Å². The summed E-state index contributed by atoms with van der Waals surface area (Å²) in [5.41, 5.74) is 0.973. The molecule has 0 unspecified atom stereocenters. The second-order valence-electron chi connectivity index (χ2n) is 12.4. The standard InChI is InChI=1S/C33H34N8O5S/c1-18-12-25(30(43)36-16-22-13-21-15-34-27(14-26(21)47-22)39-32(45)46-33(2,3)4)41-28(18)35-17-24(31(41)44)38-29(42)20-9-7-19(8-10-20)23-6-5-11-37-40-23/h7-11,13-15,17-18,25H,5-6,12,16H2,1-4H3,(H,36,43)(H,38,42)(H,34,39,45)/t18-,25+/m1/s1. The van der Waals surface area contributed by atoms with Crippen molar-refractivity contribution in [2.75, 3.05) is 10.6 Å². The summed E-state index contributed by atoms with van der Waals surface area (Å²) in [6.07, 6.45) is 6.15. The van der Waals surface area contributed by atoms with Crippen LogP contribution in [0.25, 0.3) is 10.1 Å². The zero-order chi connectivity index (χ0) is 33.3. The molecule has 6 rings (SSSR count). The van der Waals surface area contributed by atoms with Crippen molar-refractivity contribution in [1.29, 1.82) is 0 Å². The van der Waals surface area contributed by atoms with Crippen molar-refractivity contribution < 1.29 is 19.1 Å². The monoisotopic (exact) mass is 654 g/mol. The van der Waals surface area contributed by atoms with Gasteiger partial charge in [0, 0.05) is 38.9 Å². The molecule has 0 fully saturated rings. The second-order valence-corrected chi connectivity index (χ2v) is 13.6. The minimum absolute atomic E-state index is 0.00600. The van der Waals surface area contributed by atoms with Crippen LogP contribution in [0, 0.1) is 0 Å². The first-order chi connectivity index (χ1) is 22.4. The van der Waals surface area contributed by atoms with E-state index in [2.05, 4.69) is 36.1 Å². The zero-order valence-electron chi connectivity index (χ0n) is 26.4. The molecule has 0 radical (unpaired) electrons. The van der Waals surface area contributed by atoms with Crippen LogP contribution in [-0.2, 0) is 16.1 Å². The Labute approximate surface area is 274 Å². The molecule has 2 atom stereocenters. The number of rotatable bonds is 7. The van der Waals surface area contributed by atoms with E-state index in [-0.39, 0.29) is 24.1 Å². The van der Waals surface area contributed by atoms with Crippen LogP contribution in [0.1, 0.15) is 85.5 Å². The number of ether oxygens (including phenoxy) is 1. The molecule has 3 aromatic heterocycles.